The number of amides is 1. The normalized spacial score (nSPS) is 15.4. The van der Waals surface area contributed by atoms with E-state index in [-0.39, 0.29) is 16.9 Å². The van der Waals surface area contributed by atoms with Crippen molar-refractivity contribution in [2.24, 2.45) is 5.41 Å². The minimum atomic E-state index is -0.463. The van der Waals surface area contributed by atoms with Crippen LogP contribution < -0.4 is 5.32 Å². The molecule has 3 rings (SSSR count). The third-order valence-corrected chi connectivity index (χ3v) is 5.56. The molecule has 2 aromatic rings. The van der Waals surface area contributed by atoms with Crippen LogP contribution in [-0.4, -0.2) is 31.7 Å². The fourth-order valence-corrected chi connectivity index (χ4v) is 3.71. The molecule has 1 heterocycles. The molecular formula is C20H26N4O2S. The Balaban J connectivity index is 1.66. The van der Waals surface area contributed by atoms with Gasteiger partial charge in [0.15, 0.2) is 10.9 Å². The molecule has 1 fully saturated rings. The third kappa shape index (κ3) is 4.58. The van der Waals surface area contributed by atoms with Crippen molar-refractivity contribution in [2.75, 3.05) is 5.32 Å². The van der Waals surface area contributed by atoms with E-state index in [0.29, 0.717) is 17.3 Å². The zero-order chi connectivity index (χ0) is 19.8. The quantitative estimate of drug-likeness (QED) is 0.593. The maximum atomic E-state index is 12.8. The first-order valence-electron chi connectivity index (χ1n) is 9.20. The van der Waals surface area contributed by atoms with Crippen LogP contribution >= 0.6 is 11.8 Å². The molecule has 1 amide bonds. The van der Waals surface area contributed by atoms with Gasteiger partial charge in [0.05, 0.1) is 5.25 Å². The van der Waals surface area contributed by atoms with Crippen molar-refractivity contribution in [3.63, 3.8) is 0 Å². The third-order valence-electron chi connectivity index (χ3n) is 4.51. The molecule has 7 heteroatoms. The van der Waals surface area contributed by atoms with Crippen LogP contribution in [0.2, 0.25) is 0 Å². The van der Waals surface area contributed by atoms with Gasteiger partial charge >= 0.3 is 0 Å². The smallest absolute Gasteiger partial charge is 0.229 e. The summed E-state index contributed by atoms with van der Waals surface area (Å²) in [6.45, 7) is 9.43. The van der Waals surface area contributed by atoms with E-state index in [1.165, 1.54) is 11.8 Å². The van der Waals surface area contributed by atoms with Crippen LogP contribution in [0.15, 0.2) is 29.4 Å². The molecule has 0 aliphatic heterocycles. The number of thioether (sulfide) groups is 1. The van der Waals surface area contributed by atoms with Gasteiger partial charge < -0.3 is 9.88 Å². The molecule has 1 atom stereocenters. The van der Waals surface area contributed by atoms with E-state index in [1.807, 2.05) is 34.6 Å². The van der Waals surface area contributed by atoms with Crippen LogP contribution in [-0.2, 0) is 4.79 Å². The lowest BCUT2D eigenvalue weighted by atomic mass is 9.95. The average Bonchev–Trinajstić information content (AvgIpc) is 3.38. The minimum Gasteiger partial charge on any atom is -0.326 e. The largest absolute Gasteiger partial charge is 0.326 e. The van der Waals surface area contributed by atoms with Gasteiger partial charge in [-0.15, -0.1) is 10.2 Å². The number of hydrogen-bond acceptors (Lipinski definition) is 5. The standard InChI is InChI=1S/C20H26N4O2S/c1-12(27-19-23-22-13(2)24(19)16-10-11-16)17(25)14-6-8-15(9-7-14)21-18(26)20(3,4)5/h6-9,12,16H,10-11H2,1-5H3,(H,21,26)/t12-/m1/s1. The Labute approximate surface area is 164 Å². The maximum Gasteiger partial charge on any atom is 0.229 e. The predicted molar refractivity (Wildman–Crippen MR) is 107 cm³/mol. The number of nitrogens with zero attached hydrogens (tertiary/aromatic N) is 3. The number of Topliss-reactive ketones (excluding diaryl/α,β-unsaturated/α-hetero) is 1. The lowest BCUT2D eigenvalue weighted by molar-refractivity contribution is -0.123. The first kappa shape index (κ1) is 19.6. The molecule has 1 aliphatic carbocycles. The second-order valence-corrected chi connectivity index (χ2v) is 9.34. The number of carbonyl (C=O) groups excluding carboxylic acids is 2. The molecule has 0 saturated heterocycles. The van der Waals surface area contributed by atoms with Crippen LogP contribution in [0.1, 0.15) is 62.8 Å². The van der Waals surface area contributed by atoms with Gasteiger partial charge in [-0.05, 0) is 51.0 Å². The van der Waals surface area contributed by atoms with Gasteiger partial charge in [-0.25, -0.2) is 0 Å². The molecule has 0 radical (unpaired) electrons. The highest BCUT2D eigenvalue weighted by molar-refractivity contribution is 8.00. The number of aryl methyl sites for hydroxylation is 1. The van der Waals surface area contributed by atoms with Gasteiger partial charge in [-0.1, -0.05) is 32.5 Å². The zero-order valence-corrected chi connectivity index (χ0v) is 17.3. The maximum absolute atomic E-state index is 12.8. The van der Waals surface area contributed by atoms with E-state index >= 15 is 0 Å². The van der Waals surface area contributed by atoms with Crippen LogP contribution in [0.25, 0.3) is 0 Å². The van der Waals surface area contributed by atoms with E-state index in [9.17, 15) is 9.59 Å². The highest BCUT2D eigenvalue weighted by Gasteiger charge is 2.30. The summed E-state index contributed by atoms with van der Waals surface area (Å²) in [5, 5.41) is 11.8. The first-order chi connectivity index (χ1) is 12.7. The highest BCUT2D eigenvalue weighted by atomic mass is 32.2. The molecule has 0 bridgehead atoms. The van der Waals surface area contributed by atoms with Crippen molar-refractivity contribution in [1.29, 1.82) is 0 Å². The van der Waals surface area contributed by atoms with Gasteiger partial charge in [0.2, 0.25) is 5.91 Å². The Kier molecular flexibility index (Phi) is 5.42. The Morgan fingerprint density at radius 2 is 1.81 bits per heavy atom. The summed E-state index contributed by atoms with van der Waals surface area (Å²) in [5.74, 6) is 0.885. The molecule has 1 N–H and O–H groups in total. The Morgan fingerprint density at radius 3 is 2.37 bits per heavy atom. The SMILES string of the molecule is Cc1nnc(S[C@H](C)C(=O)c2ccc(NC(=O)C(C)(C)C)cc2)n1C1CC1. The molecule has 1 aliphatic rings. The summed E-state index contributed by atoms with van der Waals surface area (Å²) >= 11 is 1.45. The van der Waals surface area contributed by atoms with E-state index in [0.717, 1.165) is 23.8 Å². The monoisotopic (exact) mass is 386 g/mol. The average molecular weight is 387 g/mol. The highest BCUT2D eigenvalue weighted by Crippen LogP contribution is 2.39. The molecule has 27 heavy (non-hydrogen) atoms. The Hall–Kier alpha value is -2.15. The zero-order valence-electron chi connectivity index (χ0n) is 16.4. The molecule has 144 valence electrons. The van der Waals surface area contributed by atoms with Crippen molar-refractivity contribution < 1.29 is 9.59 Å². The number of aromatic nitrogens is 3. The van der Waals surface area contributed by atoms with Gasteiger partial charge in [-0.2, -0.15) is 0 Å². The van der Waals surface area contributed by atoms with Crippen LogP contribution in [0.3, 0.4) is 0 Å². The van der Waals surface area contributed by atoms with E-state index in [4.69, 9.17) is 0 Å². The summed E-state index contributed by atoms with van der Waals surface area (Å²) in [5.41, 5.74) is 0.851. The fourth-order valence-electron chi connectivity index (χ4n) is 2.67. The topological polar surface area (TPSA) is 76.9 Å². The number of rotatable bonds is 6. The van der Waals surface area contributed by atoms with Crippen molar-refractivity contribution in [3.8, 4) is 0 Å². The number of ketones is 1. The second kappa shape index (κ2) is 7.46. The summed E-state index contributed by atoms with van der Waals surface area (Å²) in [6, 6.07) is 7.54. The summed E-state index contributed by atoms with van der Waals surface area (Å²) in [6.07, 6.45) is 2.30. The van der Waals surface area contributed by atoms with E-state index in [1.54, 1.807) is 24.3 Å². The van der Waals surface area contributed by atoms with Crippen molar-refractivity contribution in [1.82, 2.24) is 14.8 Å². The molecule has 0 spiro atoms. The number of benzene rings is 1. The second-order valence-electron chi connectivity index (χ2n) is 8.04. The number of nitrogens with one attached hydrogen (secondary N) is 1. The van der Waals surface area contributed by atoms with E-state index in [2.05, 4.69) is 20.1 Å². The summed E-state index contributed by atoms with van der Waals surface area (Å²) in [7, 11) is 0. The minimum absolute atomic E-state index is 0.0386. The molecule has 1 aromatic carbocycles. The van der Waals surface area contributed by atoms with Crippen molar-refractivity contribution in [3.05, 3.63) is 35.7 Å². The van der Waals surface area contributed by atoms with Gasteiger partial charge in [0.25, 0.3) is 0 Å². The van der Waals surface area contributed by atoms with Gasteiger partial charge in [0.1, 0.15) is 5.82 Å². The van der Waals surface area contributed by atoms with Crippen molar-refractivity contribution >= 4 is 29.1 Å². The fraction of sp³-hybridized carbons (Fsp3) is 0.500. The summed E-state index contributed by atoms with van der Waals surface area (Å²) < 4.78 is 2.14. The molecule has 0 unspecified atom stereocenters. The van der Waals surface area contributed by atoms with Crippen LogP contribution in [0.4, 0.5) is 5.69 Å². The number of carbonyl (C=O) groups is 2. The number of hydrogen-bond donors (Lipinski definition) is 1. The Bertz CT molecular complexity index is 848. The van der Waals surface area contributed by atoms with Crippen molar-refractivity contribution in [2.45, 2.75) is 63.9 Å². The van der Waals surface area contributed by atoms with E-state index < -0.39 is 5.41 Å². The molecular weight excluding hydrogens is 360 g/mol. The predicted octanol–water partition coefficient (Wildman–Crippen LogP) is 4.27. The molecule has 6 nitrogen and oxygen atoms in total. The van der Waals surface area contributed by atoms with Crippen LogP contribution in [0, 0.1) is 12.3 Å². The van der Waals surface area contributed by atoms with Crippen LogP contribution in [0.5, 0.6) is 0 Å². The molecule has 1 saturated carbocycles. The van der Waals surface area contributed by atoms with Gasteiger partial charge in [-0.3, -0.25) is 9.59 Å². The summed E-state index contributed by atoms with van der Waals surface area (Å²) in [4.78, 5) is 24.8. The lowest BCUT2D eigenvalue weighted by Crippen LogP contribution is -2.27. The molecule has 1 aromatic heterocycles. The number of anilines is 1. The lowest BCUT2D eigenvalue weighted by Gasteiger charge is -2.18. The van der Waals surface area contributed by atoms with Gasteiger partial charge in [0, 0.05) is 22.7 Å². The first-order valence-corrected chi connectivity index (χ1v) is 10.1. The Morgan fingerprint density at radius 1 is 1.19 bits per heavy atom.